The van der Waals surface area contributed by atoms with E-state index in [1.165, 1.54) is 10.9 Å². The summed E-state index contributed by atoms with van der Waals surface area (Å²) in [4.78, 5) is 25.6. The van der Waals surface area contributed by atoms with Gasteiger partial charge in [-0.3, -0.25) is 19.0 Å². The lowest BCUT2D eigenvalue weighted by Crippen LogP contribution is -2.23. The number of para-hydroxylation sites is 1. The van der Waals surface area contributed by atoms with Crippen LogP contribution in [0.1, 0.15) is 53.6 Å². The third-order valence-corrected chi connectivity index (χ3v) is 5.68. The second-order valence-corrected chi connectivity index (χ2v) is 8.11. The number of nitrogens with zero attached hydrogens (tertiary/aromatic N) is 4. The molecule has 2 N–H and O–H groups in total. The van der Waals surface area contributed by atoms with Gasteiger partial charge in [-0.25, -0.2) is 0 Å². The number of hydrogen-bond acceptors (Lipinski definition) is 4. The van der Waals surface area contributed by atoms with Gasteiger partial charge in [0.15, 0.2) is 11.4 Å². The molecule has 2 aromatic heterocycles. The predicted molar refractivity (Wildman–Crippen MR) is 119 cm³/mol. The van der Waals surface area contributed by atoms with Crippen molar-refractivity contribution >= 4 is 23.2 Å². The molecule has 1 aliphatic carbocycles. The number of alkyl halides is 3. The molecule has 3 aromatic rings. The van der Waals surface area contributed by atoms with Gasteiger partial charge in [0.1, 0.15) is 6.54 Å². The number of anilines is 2. The van der Waals surface area contributed by atoms with Gasteiger partial charge in [-0.2, -0.15) is 23.4 Å². The molecule has 34 heavy (non-hydrogen) atoms. The zero-order valence-corrected chi connectivity index (χ0v) is 18.7. The van der Waals surface area contributed by atoms with E-state index < -0.39 is 30.2 Å². The summed E-state index contributed by atoms with van der Waals surface area (Å²) in [5, 5.41) is 13.3. The Kier molecular flexibility index (Phi) is 6.71. The maximum atomic E-state index is 13.5. The number of benzene rings is 1. The average Bonchev–Trinajstić information content (AvgIpc) is 3.26. The van der Waals surface area contributed by atoms with Crippen molar-refractivity contribution in [1.29, 1.82) is 0 Å². The van der Waals surface area contributed by atoms with E-state index in [1.54, 1.807) is 24.3 Å². The van der Waals surface area contributed by atoms with E-state index in [0.717, 1.165) is 17.5 Å². The van der Waals surface area contributed by atoms with Crippen LogP contribution in [0.15, 0.2) is 36.5 Å². The summed E-state index contributed by atoms with van der Waals surface area (Å²) in [5.41, 5.74) is 0.461. The molecule has 11 heteroatoms. The minimum absolute atomic E-state index is 0.00864. The van der Waals surface area contributed by atoms with E-state index in [4.69, 9.17) is 0 Å². The molecule has 0 saturated heterocycles. The van der Waals surface area contributed by atoms with Crippen molar-refractivity contribution in [2.75, 3.05) is 10.6 Å². The molecular formula is C23H25F3N6O2. The van der Waals surface area contributed by atoms with Gasteiger partial charge in [-0.05, 0) is 44.7 Å². The zero-order valence-electron chi connectivity index (χ0n) is 18.7. The molecule has 0 fully saturated rings. The number of carbonyl (C=O) groups excluding carboxylic acids is 2. The van der Waals surface area contributed by atoms with Gasteiger partial charge >= 0.3 is 6.18 Å². The molecule has 0 unspecified atom stereocenters. The van der Waals surface area contributed by atoms with Gasteiger partial charge in [-0.1, -0.05) is 24.6 Å². The van der Waals surface area contributed by atoms with Crippen LogP contribution in [-0.2, 0) is 36.9 Å². The number of rotatable bonds is 6. The molecule has 4 rings (SSSR count). The fraction of sp³-hybridized carbons (Fsp3) is 0.391. The minimum atomic E-state index is -4.58. The van der Waals surface area contributed by atoms with Gasteiger partial charge < -0.3 is 10.6 Å². The van der Waals surface area contributed by atoms with E-state index in [2.05, 4.69) is 20.8 Å². The molecule has 0 saturated carbocycles. The lowest BCUT2D eigenvalue weighted by molar-refractivity contribution is -0.142. The van der Waals surface area contributed by atoms with E-state index in [9.17, 15) is 22.8 Å². The molecule has 0 radical (unpaired) electrons. The normalized spacial score (nSPS) is 13.8. The third kappa shape index (κ3) is 5.13. The van der Waals surface area contributed by atoms with Gasteiger partial charge in [0, 0.05) is 29.7 Å². The Morgan fingerprint density at radius 2 is 1.76 bits per heavy atom. The monoisotopic (exact) mass is 474 g/mol. The molecule has 8 nitrogen and oxygen atoms in total. The number of carbonyl (C=O) groups is 2. The number of halogens is 3. The van der Waals surface area contributed by atoms with Crippen LogP contribution in [0, 0.1) is 0 Å². The first-order valence-corrected chi connectivity index (χ1v) is 11.2. The molecule has 2 heterocycles. The van der Waals surface area contributed by atoms with Crippen LogP contribution in [0.4, 0.5) is 24.5 Å². The Bertz CT molecular complexity index is 1180. The quantitative estimate of drug-likeness (QED) is 0.522. The Morgan fingerprint density at radius 3 is 2.47 bits per heavy atom. The summed E-state index contributed by atoms with van der Waals surface area (Å²) in [7, 11) is 0. The first-order valence-electron chi connectivity index (χ1n) is 11.2. The van der Waals surface area contributed by atoms with Crippen LogP contribution in [-0.4, -0.2) is 31.4 Å². The number of aromatic nitrogens is 4. The van der Waals surface area contributed by atoms with Crippen molar-refractivity contribution in [3.63, 3.8) is 0 Å². The zero-order chi connectivity index (χ0) is 24.3. The maximum Gasteiger partial charge on any atom is 0.435 e. The van der Waals surface area contributed by atoms with E-state index >= 15 is 0 Å². The molecular weight excluding hydrogens is 449 g/mol. The second kappa shape index (κ2) is 9.70. The molecule has 0 spiro atoms. The van der Waals surface area contributed by atoms with E-state index in [1.807, 2.05) is 13.0 Å². The molecule has 180 valence electrons. The van der Waals surface area contributed by atoms with E-state index in [-0.39, 0.29) is 16.9 Å². The highest BCUT2D eigenvalue weighted by atomic mass is 19.4. The highest BCUT2D eigenvalue weighted by Crippen LogP contribution is 2.35. The molecule has 2 amide bonds. The smallest absolute Gasteiger partial charge is 0.321 e. The fourth-order valence-electron chi connectivity index (χ4n) is 4.09. The molecule has 1 aromatic carbocycles. The van der Waals surface area contributed by atoms with Crippen LogP contribution in [0.5, 0.6) is 0 Å². The number of fused-ring (bicyclic) bond motifs is 1. The van der Waals surface area contributed by atoms with Crippen LogP contribution >= 0.6 is 0 Å². The summed E-state index contributed by atoms with van der Waals surface area (Å²) in [6.07, 6.45) is -0.115. The first-order chi connectivity index (χ1) is 16.3. The van der Waals surface area contributed by atoms with Crippen molar-refractivity contribution < 1.29 is 22.8 Å². The second-order valence-electron chi connectivity index (χ2n) is 8.11. The summed E-state index contributed by atoms with van der Waals surface area (Å²) >= 11 is 0. The summed E-state index contributed by atoms with van der Waals surface area (Å²) in [6, 6.07) is 8.78. The largest absolute Gasteiger partial charge is 0.435 e. The molecule has 1 aliphatic rings. The van der Waals surface area contributed by atoms with Crippen LogP contribution in [0.2, 0.25) is 0 Å². The lowest BCUT2D eigenvalue weighted by Gasteiger charge is -2.09. The highest BCUT2D eigenvalue weighted by Gasteiger charge is 2.39. The van der Waals surface area contributed by atoms with Crippen molar-refractivity contribution in [2.45, 2.75) is 58.3 Å². The third-order valence-electron chi connectivity index (χ3n) is 5.68. The van der Waals surface area contributed by atoms with Crippen LogP contribution in [0.25, 0.3) is 0 Å². The minimum Gasteiger partial charge on any atom is -0.321 e. The fourth-order valence-corrected chi connectivity index (χ4v) is 4.09. The maximum absolute atomic E-state index is 13.5. The standard InChI is InChI=1S/C23H25F3N6O2/c1-2-31-13-17(20(29-31)22(34)27-15-9-5-3-6-10-15)28-19(33)14-32-18-12-8-4-7-11-16(18)21(30-32)23(24,25)26/h3,5-6,9-10,13H,2,4,7-8,11-12,14H2,1H3,(H,27,34)(H,28,33). The Labute approximate surface area is 194 Å². The predicted octanol–water partition coefficient (Wildman–Crippen LogP) is 4.28. The SMILES string of the molecule is CCn1cc(NC(=O)Cn2nc(C(F)(F)F)c3c2CCCCC3)c(C(=O)Nc2ccccc2)n1. The number of hydrogen-bond donors (Lipinski definition) is 2. The van der Waals surface area contributed by atoms with Crippen LogP contribution < -0.4 is 10.6 Å². The van der Waals surface area contributed by atoms with Gasteiger partial charge in [0.05, 0.1) is 5.69 Å². The number of amides is 2. The average molecular weight is 474 g/mol. The lowest BCUT2D eigenvalue weighted by atomic mass is 10.1. The highest BCUT2D eigenvalue weighted by molar-refractivity contribution is 6.08. The van der Waals surface area contributed by atoms with Crippen molar-refractivity contribution in [2.24, 2.45) is 0 Å². The Hall–Kier alpha value is -3.63. The van der Waals surface area contributed by atoms with Crippen molar-refractivity contribution in [3.8, 4) is 0 Å². The van der Waals surface area contributed by atoms with Gasteiger partial charge in [0.25, 0.3) is 5.91 Å². The van der Waals surface area contributed by atoms with E-state index in [0.29, 0.717) is 37.2 Å². The summed E-state index contributed by atoms with van der Waals surface area (Å²) in [5.74, 6) is -1.10. The molecule has 0 aliphatic heterocycles. The Morgan fingerprint density at radius 1 is 1.03 bits per heavy atom. The summed E-state index contributed by atoms with van der Waals surface area (Å²) < 4.78 is 43.3. The van der Waals surface area contributed by atoms with Crippen molar-refractivity contribution in [3.05, 3.63) is 59.2 Å². The number of nitrogens with one attached hydrogen (secondary N) is 2. The van der Waals surface area contributed by atoms with Crippen LogP contribution in [0.3, 0.4) is 0 Å². The van der Waals surface area contributed by atoms with Gasteiger partial charge in [-0.15, -0.1) is 0 Å². The number of aryl methyl sites for hydroxylation is 1. The molecule has 0 atom stereocenters. The van der Waals surface area contributed by atoms with Crippen molar-refractivity contribution in [1.82, 2.24) is 19.6 Å². The first kappa shape index (κ1) is 23.5. The topological polar surface area (TPSA) is 93.8 Å². The molecule has 0 bridgehead atoms. The van der Waals surface area contributed by atoms with Gasteiger partial charge in [0.2, 0.25) is 5.91 Å². The summed E-state index contributed by atoms with van der Waals surface area (Å²) in [6.45, 7) is 1.90. The Balaban J connectivity index is 1.55.